The standard InChI is InChI=1S/C11H7F5O3/c12-10(13,11(14,15)16)9(17)6-1-2-7-8(5-6)19-4-3-18-7/h1-2,5H,3-4H2. The van der Waals surface area contributed by atoms with Crippen LogP contribution in [0.25, 0.3) is 0 Å². The summed E-state index contributed by atoms with van der Waals surface area (Å²) >= 11 is 0. The normalized spacial score (nSPS) is 15.2. The van der Waals surface area contributed by atoms with E-state index in [0.29, 0.717) is 0 Å². The molecule has 0 amide bonds. The van der Waals surface area contributed by atoms with Gasteiger partial charge in [0.1, 0.15) is 13.2 Å². The lowest BCUT2D eigenvalue weighted by atomic mass is 10.0. The Balaban J connectivity index is 2.35. The first kappa shape index (κ1) is 13.6. The summed E-state index contributed by atoms with van der Waals surface area (Å²) in [5.74, 6) is -7.60. The van der Waals surface area contributed by atoms with Gasteiger partial charge in [-0.15, -0.1) is 0 Å². The van der Waals surface area contributed by atoms with Crippen LogP contribution >= 0.6 is 0 Å². The molecule has 8 heteroatoms. The molecule has 1 aliphatic rings. The highest BCUT2D eigenvalue weighted by atomic mass is 19.4. The number of ether oxygens (including phenoxy) is 2. The molecule has 1 aromatic carbocycles. The Morgan fingerprint density at radius 2 is 1.58 bits per heavy atom. The molecule has 104 valence electrons. The first-order valence-electron chi connectivity index (χ1n) is 5.12. The van der Waals surface area contributed by atoms with Gasteiger partial charge in [0.25, 0.3) is 0 Å². The van der Waals surface area contributed by atoms with E-state index in [2.05, 4.69) is 0 Å². The van der Waals surface area contributed by atoms with Crippen LogP contribution in [0.1, 0.15) is 10.4 Å². The summed E-state index contributed by atoms with van der Waals surface area (Å²) in [7, 11) is 0. The SMILES string of the molecule is O=C(c1ccc2c(c1)OCCO2)C(F)(F)C(F)(F)F. The molecule has 0 aromatic heterocycles. The van der Waals surface area contributed by atoms with Crippen molar-refractivity contribution in [1.29, 1.82) is 0 Å². The summed E-state index contributed by atoms with van der Waals surface area (Å²) in [6.45, 7) is 0.360. The number of carbonyl (C=O) groups is 1. The molecule has 0 spiro atoms. The van der Waals surface area contributed by atoms with Crippen LogP contribution in [-0.4, -0.2) is 31.1 Å². The van der Waals surface area contributed by atoms with Crippen molar-refractivity contribution in [2.75, 3.05) is 13.2 Å². The quantitative estimate of drug-likeness (QED) is 0.618. The first-order valence-corrected chi connectivity index (χ1v) is 5.12. The van der Waals surface area contributed by atoms with Gasteiger partial charge in [-0.05, 0) is 18.2 Å². The number of halogens is 5. The largest absolute Gasteiger partial charge is 0.486 e. The van der Waals surface area contributed by atoms with E-state index < -0.39 is 23.4 Å². The predicted molar refractivity (Wildman–Crippen MR) is 52.8 cm³/mol. The molecule has 3 nitrogen and oxygen atoms in total. The monoisotopic (exact) mass is 282 g/mol. The topological polar surface area (TPSA) is 35.5 Å². The van der Waals surface area contributed by atoms with Crippen molar-refractivity contribution in [3.63, 3.8) is 0 Å². The second-order valence-corrected chi connectivity index (χ2v) is 3.76. The second-order valence-electron chi connectivity index (χ2n) is 3.76. The third-order valence-electron chi connectivity index (χ3n) is 2.45. The summed E-state index contributed by atoms with van der Waals surface area (Å²) in [5, 5.41) is 0. The minimum Gasteiger partial charge on any atom is -0.486 e. The number of Topliss-reactive ketones (excluding diaryl/α,β-unsaturated/α-hetero) is 1. The van der Waals surface area contributed by atoms with Crippen molar-refractivity contribution in [3.8, 4) is 11.5 Å². The van der Waals surface area contributed by atoms with Crippen molar-refractivity contribution in [2.45, 2.75) is 12.1 Å². The Morgan fingerprint density at radius 3 is 2.16 bits per heavy atom. The predicted octanol–water partition coefficient (Wildman–Crippen LogP) is 2.84. The van der Waals surface area contributed by atoms with Gasteiger partial charge in [0.15, 0.2) is 11.5 Å². The van der Waals surface area contributed by atoms with E-state index in [-0.39, 0.29) is 24.7 Å². The van der Waals surface area contributed by atoms with Crippen LogP contribution in [0.2, 0.25) is 0 Å². The number of fused-ring (bicyclic) bond motifs is 1. The van der Waals surface area contributed by atoms with Crippen molar-refractivity contribution < 1.29 is 36.2 Å². The molecule has 1 aliphatic heterocycles. The number of ketones is 1. The van der Waals surface area contributed by atoms with E-state index in [1.807, 2.05) is 0 Å². The van der Waals surface area contributed by atoms with E-state index in [1.54, 1.807) is 0 Å². The third-order valence-corrected chi connectivity index (χ3v) is 2.45. The number of rotatable bonds is 2. The molecular formula is C11H7F5O3. The molecule has 0 N–H and O–H groups in total. The van der Waals surface area contributed by atoms with E-state index in [4.69, 9.17) is 9.47 Å². The zero-order chi connectivity index (χ0) is 14.3. The molecule has 0 fully saturated rings. The lowest BCUT2D eigenvalue weighted by molar-refractivity contribution is -0.255. The fraction of sp³-hybridized carbons (Fsp3) is 0.364. The molecule has 1 heterocycles. The summed E-state index contributed by atoms with van der Waals surface area (Å²) in [5.41, 5.74) is -0.786. The Labute approximate surface area is 103 Å². The highest BCUT2D eigenvalue weighted by Gasteiger charge is 2.63. The minimum atomic E-state index is -5.93. The van der Waals surface area contributed by atoms with Gasteiger partial charge in [-0.25, -0.2) is 0 Å². The van der Waals surface area contributed by atoms with Crippen LogP contribution in [0, 0.1) is 0 Å². The molecular weight excluding hydrogens is 275 g/mol. The molecule has 19 heavy (non-hydrogen) atoms. The third kappa shape index (κ3) is 2.34. The van der Waals surface area contributed by atoms with Crippen molar-refractivity contribution in [1.82, 2.24) is 0 Å². The molecule has 1 aromatic rings. The summed E-state index contributed by atoms with van der Waals surface area (Å²) in [6.07, 6.45) is -5.93. The van der Waals surface area contributed by atoms with E-state index in [0.717, 1.165) is 18.2 Å². The Bertz CT molecular complexity index is 510. The molecule has 0 bridgehead atoms. The number of hydrogen-bond acceptors (Lipinski definition) is 3. The first-order chi connectivity index (χ1) is 8.73. The molecule has 0 saturated carbocycles. The Morgan fingerprint density at radius 1 is 1.00 bits per heavy atom. The van der Waals surface area contributed by atoms with Gasteiger partial charge < -0.3 is 9.47 Å². The number of alkyl halides is 5. The molecule has 0 unspecified atom stereocenters. The van der Waals surface area contributed by atoms with Gasteiger partial charge in [0.2, 0.25) is 5.78 Å². The van der Waals surface area contributed by atoms with Gasteiger partial charge >= 0.3 is 12.1 Å². The van der Waals surface area contributed by atoms with Gasteiger partial charge in [-0.1, -0.05) is 0 Å². The summed E-state index contributed by atoms with van der Waals surface area (Å²) in [6, 6.07) is 2.78. The van der Waals surface area contributed by atoms with Crippen LogP contribution in [0.4, 0.5) is 22.0 Å². The van der Waals surface area contributed by atoms with Gasteiger partial charge in [0, 0.05) is 5.56 Å². The number of hydrogen-bond donors (Lipinski definition) is 0. The Hall–Kier alpha value is -1.86. The smallest absolute Gasteiger partial charge is 0.461 e. The fourth-order valence-electron chi connectivity index (χ4n) is 1.49. The zero-order valence-electron chi connectivity index (χ0n) is 9.26. The lowest BCUT2D eigenvalue weighted by Gasteiger charge is -2.21. The summed E-state index contributed by atoms with van der Waals surface area (Å²) in [4.78, 5) is 11.2. The lowest BCUT2D eigenvalue weighted by Crippen LogP contribution is -2.44. The van der Waals surface area contributed by atoms with Crippen LogP contribution in [0.15, 0.2) is 18.2 Å². The average molecular weight is 282 g/mol. The maximum Gasteiger partial charge on any atom is 0.461 e. The molecule has 0 radical (unpaired) electrons. The van der Waals surface area contributed by atoms with Crippen LogP contribution in [0.5, 0.6) is 11.5 Å². The van der Waals surface area contributed by atoms with Crippen LogP contribution in [0.3, 0.4) is 0 Å². The molecule has 0 saturated heterocycles. The molecule has 2 rings (SSSR count). The van der Waals surface area contributed by atoms with Gasteiger partial charge in [0.05, 0.1) is 0 Å². The van der Waals surface area contributed by atoms with Gasteiger partial charge in [-0.3, -0.25) is 4.79 Å². The van der Waals surface area contributed by atoms with Crippen LogP contribution in [-0.2, 0) is 0 Å². The molecule has 0 aliphatic carbocycles. The second kappa shape index (κ2) is 4.36. The maximum absolute atomic E-state index is 12.9. The van der Waals surface area contributed by atoms with E-state index >= 15 is 0 Å². The fourth-order valence-corrected chi connectivity index (χ4v) is 1.49. The van der Waals surface area contributed by atoms with E-state index in [1.165, 1.54) is 0 Å². The van der Waals surface area contributed by atoms with Crippen molar-refractivity contribution in [2.24, 2.45) is 0 Å². The Kier molecular flexibility index (Phi) is 3.11. The van der Waals surface area contributed by atoms with E-state index in [9.17, 15) is 26.7 Å². The zero-order valence-corrected chi connectivity index (χ0v) is 9.26. The summed E-state index contributed by atoms with van der Waals surface area (Å²) < 4.78 is 72.1. The van der Waals surface area contributed by atoms with Gasteiger partial charge in [-0.2, -0.15) is 22.0 Å². The van der Waals surface area contributed by atoms with Crippen LogP contribution < -0.4 is 9.47 Å². The molecule has 0 atom stereocenters. The maximum atomic E-state index is 12.9. The average Bonchev–Trinajstić information content (AvgIpc) is 2.36. The number of carbonyl (C=O) groups excluding carboxylic acids is 1. The number of benzene rings is 1. The highest BCUT2D eigenvalue weighted by molar-refractivity contribution is 6.02. The van der Waals surface area contributed by atoms with Crippen molar-refractivity contribution in [3.05, 3.63) is 23.8 Å². The minimum absolute atomic E-state index is 0.0323. The van der Waals surface area contributed by atoms with Crippen molar-refractivity contribution >= 4 is 5.78 Å². The highest BCUT2D eigenvalue weighted by Crippen LogP contribution is 2.39.